The normalized spacial score (nSPS) is 20.7. The number of alkyl halides is 3. The summed E-state index contributed by atoms with van der Waals surface area (Å²) in [4.78, 5) is 26.5. The van der Waals surface area contributed by atoms with E-state index in [0.717, 1.165) is 36.2 Å². The third kappa shape index (κ3) is 4.13. The lowest BCUT2D eigenvalue weighted by Crippen LogP contribution is -2.38. The lowest BCUT2D eigenvalue weighted by molar-refractivity contribution is -0.149. The topological polar surface area (TPSA) is 46.6 Å². The van der Waals surface area contributed by atoms with Crippen LogP contribution in [-0.2, 0) is 26.9 Å². The Hall–Kier alpha value is -2.83. The molecule has 0 aromatic heterocycles. The largest absolute Gasteiger partial charge is 0.455 e. The molecule has 1 fully saturated rings. The highest BCUT2D eigenvalue weighted by molar-refractivity contribution is 5.96. The van der Waals surface area contributed by atoms with Gasteiger partial charge < -0.3 is 9.64 Å². The summed E-state index contributed by atoms with van der Waals surface area (Å²) in [5.41, 5.74) is 1.92. The molecule has 1 heterocycles. The van der Waals surface area contributed by atoms with Gasteiger partial charge in [0.15, 0.2) is 6.61 Å². The van der Waals surface area contributed by atoms with Crippen LogP contribution in [-0.4, -0.2) is 25.0 Å². The highest BCUT2D eigenvalue weighted by Crippen LogP contribution is 2.48. The zero-order chi connectivity index (χ0) is 20.6. The van der Waals surface area contributed by atoms with Crippen molar-refractivity contribution < 1.29 is 27.5 Å². The van der Waals surface area contributed by atoms with E-state index in [1.165, 1.54) is 12.1 Å². The third-order valence-corrected chi connectivity index (χ3v) is 5.51. The quantitative estimate of drug-likeness (QED) is 0.714. The molecule has 2 unspecified atom stereocenters. The van der Waals surface area contributed by atoms with Gasteiger partial charge in [0.1, 0.15) is 0 Å². The van der Waals surface area contributed by atoms with Crippen LogP contribution in [0.5, 0.6) is 0 Å². The van der Waals surface area contributed by atoms with E-state index in [4.69, 9.17) is 4.74 Å². The van der Waals surface area contributed by atoms with Gasteiger partial charge in [-0.05, 0) is 54.5 Å². The first-order valence-corrected chi connectivity index (χ1v) is 9.56. The summed E-state index contributed by atoms with van der Waals surface area (Å²) in [6.07, 6.45) is -2.09. The van der Waals surface area contributed by atoms with Crippen LogP contribution in [0.25, 0.3) is 0 Å². The number of carbonyl (C=O) groups excluding carboxylic acids is 2. The van der Waals surface area contributed by atoms with Gasteiger partial charge in [-0.15, -0.1) is 0 Å². The van der Waals surface area contributed by atoms with E-state index >= 15 is 0 Å². The molecular formula is C22H20F3NO3. The first-order valence-electron chi connectivity index (χ1n) is 9.56. The van der Waals surface area contributed by atoms with Crippen LogP contribution < -0.4 is 4.90 Å². The molecule has 0 radical (unpaired) electrons. The molecule has 2 aromatic carbocycles. The number of amides is 1. The predicted molar refractivity (Wildman–Crippen MR) is 100 cm³/mol. The van der Waals surface area contributed by atoms with Gasteiger partial charge in [0, 0.05) is 12.2 Å². The Morgan fingerprint density at radius 1 is 1.07 bits per heavy atom. The van der Waals surface area contributed by atoms with Gasteiger partial charge in [-0.3, -0.25) is 9.59 Å². The first-order chi connectivity index (χ1) is 13.8. The van der Waals surface area contributed by atoms with Crippen LogP contribution in [0, 0.1) is 5.92 Å². The maximum atomic E-state index is 12.7. The molecule has 4 rings (SSSR count). The van der Waals surface area contributed by atoms with Gasteiger partial charge >= 0.3 is 12.1 Å². The predicted octanol–water partition coefficient (Wildman–Crippen LogP) is 4.33. The van der Waals surface area contributed by atoms with E-state index in [2.05, 4.69) is 0 Å². The van der Waals surface area contributed by atoms with Crippen molar-refractivity contribution in [2.75, 3.05) is 18.1 Å². The Morgan fingerprint density at radius 2 is 1.79 bits per heavy atom. The molecule has 0 N–H and O–H groups in total. The number of carbonyl (C=O) groups is 2. The second-order valence-corrected chi connectivity index (χ2v) is 7.45. The molecule has 1 aliphatic heterocycles. The monoisotopic (exact) mass is 403 g/mol. The van der Waals surface area contributed by atoms with Crippen molar-refractivity contribution in [3.63, 3.8) is 0 Å². The molecule has 7 heteroatoms. The molecule has 0 bridgehead atoms. The fourth-order valence-electron chi connectivity index (χ4n) is 3.85. The standard InChI is InChI=1S/C22H20F3NO3/c23-22(24,25)16-9-7-14(8-10-16)17-12-18(17)21(28)29-13-20(27)26-11-3-5-15-4-1-2-6-19(15)26/h1-2,4,6-10,17-18H,3,5,11-13H2. The average Bonchev–Trinajstić information content (AvgIpc) is 3.52. The van der Waals surface area contributed by atoms with Crippen molar-refractivity contribution >= 4 is 17.6 Å². The number of hydrogen-bond acceptors (Lipinski definition) is 3. The lowest BCUT2D eigenvalue weighted by atomic mass is 10.0. The Bertz CT molecular complexity index is 924. The van der Waals surface area contributed by atoms with Gasteiger partial charge in [-0.1, -0.05) is 30.3 Å². The van der Waals surface area contributed by atoms with Crippen LogP contribution in [0.15, 0.2) is 48.5 Å². The molecule has 1 amide bonds. The number of halogens is 3. The number of rotatable bonds is 4. The van der Waals surface area contributed by atoms with Gasteiger partial charge in [0.05, 0.1) is 11.5 Å². The molecule has 29 heavy (non-hydrogen) atoms. The summed E-state index contributed by atoms with van der Waals surface area (Å²) in [5.74, 6) is -1.31. The summed E-state index contributed by atoms with van der Waals surface area (Å²) < 4.78 is 43.2. The van der Waals surface area contributed by atoms with Crippen molar-refractivity contribution in [3.05, 3.63) is 65.2 Å². The summed E-state index contributed by atoms with van der Waals surface area (Å²) in [5, 5.41) is 0. The second-order valence-electron chi connectivity index (χ2n) is 7.45. The van der Waals surface area contributed by atoms with Crippen LogP contribution in [0.3, 0.4) is 0 Å². The number of anilines is 1. The summed E-state index contributed by atoms with van der Waals surface area (Å²) in [6, 6.07) is 12.5. The number of benzene rings is 2. The fourth-order valence-corrected chi connectivity index (χ4v) is 3.85. The van der Waals surface area contributed by atoms with Crippen molar-refractivity contribution in [1.82, 2.24) is 0 Å². The third-order valence-electron chi connectivity index (χ3n) is 5.51. The maximum Gasteiger partial charge on any atom is 0.416 e. The molecular weight excluding hydrogens is 383 g/mol. The number of aryl methyl sites for hydroxylation is 1. The van der Waals surface area contributed by atoms with E-state index < -0.39 is 23.6 Å². The molecule has 1 aliphatic carbocycles. The minimum absolute atomic E-state index is 0.157. The smallest absolute Gasteiger partial charge is 0.416 e. The minimum atomic E-state index is -4.38. The molecule has 4 nitrogen and oxygen atoms in total. The fraction of sp³-hybridized carbons (Fsp3) is 0.364. The Balaban J connectivity index is 1.32. The van der Waals surface area contributed by atoms with E-state index in [0.29, 0.717) is 18.5 Å². The van der Waals surface area contributed by atoms with Gasteiger partial charge in [-0.2, -0.15) is 13.2 Å². The number of esters is 1. The molecule has 2 atom stereocenters. The average molecular weight is 403 g/mol. The maximum absolute atomic E-state index is 12.7. The van der Waals surface area contributed by atoms with Gasteiger partial charge in [0.25, 0.3) is 5.91 Å². The van der Waals surface area contributed by atoms with Crippen molar-refractivity contribution in [3.8, 4) is 0 Å². The van der Waals surface area contributed by atoms with Crippen molar-refractivity contribution in [2.45, 2.75) is 31.4 Å². The van der Waals surface area contributed by atoms with Crippen LogP contribution in [0.4, 0.5) is 18.9 Å². The number of ether oxygens (including phenoxy) is 1. The molecule has 0 spiro atoms. The van der Waals surface area contributed by atoms with Crippen LogP contribution >= 0.6 is 0 Å². The molecule has 2 aromatic rings. The summed E-state index contributed by atoms with van der Waals surface area (Å²) >= 11 is 0. The first kappa shape index (κ1) is 19.5. The van der Waals surface area contributed by atoms with E-state index in [1.54, 1.807) is 4.90 Å². The zero-order valence-electron chi connectivity index (χ0n) is 15.6. The number of fused-ring (bicyclic) bond motifs is 1. The minimum Gasteiger partial charge on any atom is -0.455 e. The van der Waals surface area contributed by atoms with Gasteiger partial charge in [0.2, 0.25) is 0 Å². The van der Waals surface area contributed by atoms with Crippen LogP contribution in [0.1, 0.15) is 35.4 Å². The molecule has 1 saturated carbocycles. The zero-order valence-corrected chi connectivity index (χ0v) is 15.6. The van der Waals surface area contributed by atoms with E-state index in [1.807, 2.05) is 24.3 Å². The van der Waals surface area contributed by atoms with E-state index in [9.17, 15) is 22.8 Å². The number of hydrogen-bond donors (Lipinski definition) is 0. The lowest BCUT2D eigenvalue weighted by Gasteiger charge is -2.29. The highest BCUT2D eigenvalue weighted by atomic mass is 19.4. The number of nitrogens with zero attached hydrogens (tertiary/aromatic N) is 1. The van der Waals surface area contributed by atoms with Crippen molar-refractivity contribution in [2.24, 2.45) is 5.92 Å². The Morgan fingerprint density at radius 3 is 2.52 bits per heavy atom. The molecule has 152 valence electrons. The SMILES string of the molecule is O=C(OCC(=O)N1CCCc2ccccc21)C1CC1c1ccc(C(F)(F)F)cc1. The highest BCUT2D eigenvalue weighted by Gasteiger charge is 2.45. The summed E-state index contributed by atoms with van der Waals surface area (Å²) in [7, 11) is 0. The number of para-hydroxylation sites is 1. The Kier molecular flexibility index (Phi) is 5.06. The van der Waals surface area contributed by atoms with E-state index in [-0.39, 0.29) is 18.4 Å². The van der Waals surface area contributed by atoms with Gasteiger partial charge in [-0.25, -0.2) is 0 Å². The molecule has 2 aliphatic rings. The summed E-state index contributed by atoms with van der Waals surface area (Å²) in [6.45, 7) is 0.258. The Labute approximate surface area is 166 Å². The second kappa shape index (κ2) is 7.54. The van der Waals surface area contributed by atoms with Crippen LogP contribution in [0.2, 0.25) is 0 Å². The molecule has 0 saturated heterocycles. The van der Waals surface area contributed by atoms with Crippen molar-refractivity contribution in [1.29, 1.82) is 0 Å².